The van der Waals surface area contributed by atoms with E-state index >= 15 is 0 Å². The standard InChI is InChI=1S/C20H25NO5/c1-13-6-5-7-14(2)18(13)26-11-10-25-17(22)12-21-19(23)15-8-3-4-9-16(15)20(21)24/h5-7,15-16H,3-4,8-12H2,1-2H3. The number of benzene rings is 1. The van der Waals surface area contributed by atoms with Crippen LogP contribution in [0.4, 0.5) is 0 Å². The van der Waals surface area contributed by atoms with Gasteiger partial charge in [-0.25, -0.2) is 0 Å². The summed E-state index contributed by atoms with van der Waals surface area (Å²) in [5, 5.41) is 0. The molecule has 1 saturated carbocycles. The number of carbonyl (C=O) groups is 3. The van der Waals surface area contributed by atoms with Gasteiger partial charge >= 0.3 is 5.97 Å². The third-order valence-electron chi connectivity index (χ3n) is 5.22. The van der Waals surface area contributed by atoms with Gasteiger partial charge in [0.15, 0.2) is 0 Å². The van der Waals surface area contributed by atoms with Crippen LogP contribution in [0.25, 0.3) is 0 Å². The minimum absolute atomic E-state index is 0.0791. The summed E-state index contributed by atoms with van der Waals surface area (Å²) in [4.78, 5) is 37.8. The molecule has 140 valence electrons. The molecule has 2 fully saturated rings. The Morgan fingerprint density at radius 1 is 1.04 bits per heavy atom. The molecule has 3 rings (SSSR count). The molecule has 1 heterocycles. The lowest BCUT2D eigenvalue weighted by Gasteiger charge is -2.19. The third-order valence-corrected chi connectivity index (χ3v) is 5.22. The molecule has 2 aliphatic rings. The second-order valence-electron chi connectivity index (χ2n) is 7.05. The second-order valence-corrected chi connectivity index (χ2v) is 7.05. The molecule has 0 radical (unpaired) electrons. The number of hydrogen-bond acceptors (Lipinski definition) is 5. The van der Waals surface area contributed by atoms with Crippen LogP contribution >= 0.6 is 0 Å². The van der Waals surface area contributed by atoms with E-state index in [1.165, 1.54) is 0 Å². The first kappa shape index (κ1) is 18.4. The molecule has 0 N–H and O–H groups in total. The number of fused-ring (bicyclic) bond motifs is 1. The Morgan fingerprint density at radius 3 is 2.19 bits per heavy atom. The lowest BCUT2D eigenvalue weighted by molar-refractivity contribution is -0.153. The summed E-state index contributed by atoms with van der Waals surface area (Å²) in [6, 6.07) is 5.87. The molecule has 26 heavy (non-hydrogen) atoms. The van der Waals surface area contributed by atoms with Gasteiger partial charge in [-0.05, 0) is 37.8 Å². The van der Waals surface area contributed by atoms with Gasteiger partial charge in [-0.3, -0.25) is 19.3 Å². The van der Waals surface area contributed by atoms with E-state index in [1.807, 2.05) is 32.0 Å². The Morgan fingerprint density at radius 2 is 1.62 bits per heavy atom. The van der Waals surface area contributed by atoms with E-state index < -0.39 is 5.97 Å². The molecular formula is C20H25NO5. The van der Waals surface area contributed by atoms with Crippen molar-refractivity contribution in [2.75, 3.05) is 19.8 Å². The highest BCUT2D eigenvalue weighted by Gasteiger charge is 2.48. The van der Waals surface area contributed by atoms with Crippen molar-refractivity contribution in [1.82, 2.24) is 4.90 Å². The lowest BCUT2D eigenvalue weighted by atomic mass is 9.81. The van der Waals surface area contributed by atoms with Gasteiger partial charge in [-0.2, -0.15) is 0 Å². The first-order valence-corrected chi connectivity index (χ1v) is 9.19. The van der Waals surface area contributed by atoms with Crippen molar-refractivity contribution in [3.05, 3.63) is 29.3 Å². The molecule has 1 aliphatic heterocycles. The van der Waals surface area contributed by atoms with E-state index in [0.29, 0.717) is 0 Å². The summed E-state index contributed by atoms with van der Waals surface area (Å²) in [6.45, 7) is 3.92. The average molecular weight is 359 g/mol. The van der Waals surface area contributed by atoms with Gasteiger partial charge in [-0.1, -0.05) is 31.0 Å². The van der Waals surface area contributed by atoms with Crippen molar-refractivity contribution in [1.29, 1.82) is 0 Å². The summed E-state index contributed by atoms with van der Waals surface area (Å²) in [7, 11) is 0. The van der Waals surface area contributed by atoms with Crippen molar-refractivity contribution in [2.24, 2.45) is 11.8 Å². The van der Waals surface area contributed by atoms with E-state index in [1.54, 1.807) is 0 Å². The van der Waals surface area contributed by atoms with E-state index in [0.717, 1.165) is 47.5 Å². The van der Waals surface area contributed by atoms with Crippen LogP contribution in [0, 0.1) is 25.7 Å². The number of aryl methyl sites for hydroxylation is 2. The zero-order valence-electron chi connectivity index (χ0n) is 15.3. The van der Waals surface area contributed by atoms with Gasteiger partial charge < -0.3 is 9.47 Å². The molecule has 2 amide bonds. The minimum atomic E-state index is -0.574. The maximum Gasteiger partial charge on any atom is 0.326 e. The lowest BCUT2D eigenvalue weighted by Crippen LogP contribution is -2.37. The van der Waals surface area contributed by atoms with E-state index in [-0.39, 0.29) is 43.4 Å². The van der Waals surface area contributed by atoms with E-state index in [9.17, 15) is 14.4 Å². The molecule has 1 saturated heterocycles. The SMILES string of the molecule is Cc1cccc(C)c1OCCOC(=O)CN1C(=O)C2CCCCC2C1=O. The summed E-state index contributed by atoms with van der Waals surface area (Å²) < 4.78 is 10.8. The fourth-order valence-electron chi connectivity index (χ4n) is 3.89. The number of rotatable bonds is 6. The van der Waals surface area contributed by atoms with Crippen LogP contribution in [0.2, 0.25) is 0 Å². The highest BCUT2D eigenvalue weighted by Crippen LogP contribution is 2.37. The summed E-state index contributed by atoms with van der Waals surface area (Å²) in [5.74, 6) is -0.701. The van der Waals surface area contributed by atoms with Crippen LogP contribution in [-0.4, -0.2) is 42.4 Å². The molecule has 2 unspecified atom stereocenters. The Balaban J connectivity index is 1.46. The molecule has 6 heteroatoms. The van der Waals surface area contributed by atoms with Crippen molar-refractivity contribution in [3.63, 3.8) is 0 Å². The highest BCUT2D eigenvalue weighted by molar-refractivity contribution is 6.07. The van der Waals surface area contributed by atoms with Gasteiger partial charge in [0.2, 0.25) is 11.8 Å². The number of amides is 2. The minimum Gasteiger partial charge on any atom is -0.489 e. The second kappa shape index (κ2) is 7.89. The molecule has 0 spiro atoms. The van der Waals surface area contributed by atoms with Crippen LogP contribution < -0.4 is 4.74 Å². The zero-order valence-corrected chi connectivity index (χ0v) is 15.3. The van der Waals surface area contributed by atoms with Crippen LogP contribution in [0.3, 0.4) is 0 Å². The predicted molar refractivity (Wildman–Crippen MR) is 94.5 cm³/mol. The first-order valence-electron chi connectivity index (χ1n) is 9.19. The Hall–Kier alpha value is -2.37. The smallest absolute Gasteiger partial charge is 0.326 e. The topological polar surface area (TPSA) is 72.9 Å². The first-order chi connectivity index (χ1) is 12.5. The quantitative estimate of drug-likeness (QED) is 0.443. The number of imide groups is 1. The van der Waals surface area contributed by atoms with Crippen LogP contribution in [-0.2, 0) is 19.1 Å². The van der Waals surface area contributed by atoms with Gasteiger partial charge in [0, 0.05) is 0 Å². The number of para-hydroxylation sites is 1. The third kappa shape index (κ3) is 3.74. The van der Waals surface area contributed by atoms with Crippen LogP contribution in [0.15, 0.2) is 18.2 Å². The summed E-state index contributed by atoms with van der Waals surface area (Å²) >= 11 is 0. The van der Waals surface area contributed by atoms with Crippen molar-refractivity contribution < 1.29 is 23.9 Å². The number of nitrogens with zero attached hydrogens (tertiary/aromatic N) is 1. The average Bonchev–Trinajstić information content (AvgIpc) is 2.86. The number of likely N-dealkylation sites (tertiary alicyclic amines) is 1. The fraction of sp³-hybridized carbons (Fsp3) is 0.550. The molecule has 2 atom stereocenters. The van der Waals surface area contributed by atoms with Gasteiger partial charge in [0.1, 0.15) is 25.5 Å². The largest absolute Gasteiger partial charge is 0.489 e. The van der Waals surface area contributed by atoms with Gasteiger partial charge in [0.25, 0.3) is 0 Å². The molecule has 0 aromatic heterocycles. The van der Waals surface area contributed by atoms with Gasteiger partial charge in [0.05, 0.1) is 11.8 Å². The summed E-state index contributed by atoms with van der Waals surface area (Å²) in [6.07, 6.45) is 3.41. The Bertz CT molecular complexity index is 670. The van der Waals surface area contributed by atoms with Crippen molar-refractivity contribution in [3.8, 4) is 5.75 Å². The number of ether oxygens (including phenoxy) is 2. The maximum absolute atomic E-state index is 12.3. The zero-order chi connectivity index (χ0) is 18.7. The predicted octanol–water partition coefficient (Wildman–Crippen LogP) is 2.40. The monoisotopic (exact) mass is 359 g/mol. The highest BCUT2D eigenvalue weighted by atomic mass is 16.6. The van der Waals surface area contributed by atoms with Crippen LogP contribution in [0.5, 0.6) is 5.75 Å². The van der Waals surface area contributed by atoms with Crippen molar-refractivity contribution in [2.45, 2.75) is 39.5 Å². The molecule has 1 aromatic rings. The van der Waals surface area contributed by atoms with Gasteiger partial charge in [-0.15, -0.1) is 0 Å². The maximum atomic E-state index is 12.3. The van der Waals surface area contributed by atoms with Crippen molar-refractivity contribution >= 4 is 17.8 Å². The fourth-order valence-corrected chi connectivity index (χ4v) is 3.89. The summed E-state index contributed by atoms with van der Waals surface area (Å²) in [5.41, 5.74) is 2.04. The Labute approximate surface area is 153 Å². The van der Waals surface area contributed by atoms with Crippen LogP contribution in [0.1, 0.15) is 36.8 Å². The molecular weight excluding hydrogens is 334 g/mol. The number of hydrogen-bond donors (Lipinski definition) is 0. The molecule has 1 aromatic carbocycles. The molecule has 1 aliphatic carbocycles. The molecule has 0 bridgehead atoms. The number of carbonyl (C=O) groups excluding carboxylic acids is 3. The molecule has 6 nitrogen and oxygen atoms in total. The normalized spacial score (nSPS) is 22.3. The van der Waals surface area contributed by atoms with E-state index in [2.05, 4.69) is 0 Å². The van der Waals surface area contributed by atoms with E-state index in [4.69, 9.17) is 9.47 Å². The number of esters is 1. The Kier molecular flexibility index (Phi) is 5.59.